The highest BCUT2D eigenvalue weighted by atomic mass is 16.6. The lowest BCUT2D eigenvalue weighted by Crippen LogP contribution is -2.36. The number of imidazole rings is 1. The van der Waals surface area contributed by atoms with Crippen LogP contribution in [0, 0.1) is 6.92 Å². The molecule has 4 aromatic rings. The van der Waals surface area contributed by atoms with Crippen LogP contribution in [0.1, 0.15) is 5.56 Å². The zero-order chi connectivity index (χ0) is 22.2. The maximum Gasteiger partial charge on any atom is 0.163 e. The van der Waals surface area contributed by atoms with Gasteiger partial charge in [0.05, 0.1) is 13.2 Å². The number of aryl methyl sites for hydroxylation is 1. The Morgan fingerprint density at radius 3 is 2.48 bits per heavy atom. The van der Waals surface area contributed by atoms with E-state index in [0.717, 1.165) is 71.8 Å². The number of rotatable bonds is 4. The number of ether oxygens (including phenoxy) is 3. The fraction of sp³-hybridized carbons (Fsp3) is 0.269. The van der Waals surface area contributed by atoms with E-state index in [1.165, 1.54) is 5.69 Å². The van der Waals surface area contributed by atoms with Crippen LogP contribution >= 0.6 is 0 Å². The fourth-order valence-corrected chi connectivity index (χ4v) is 4.43. The van der Waals surface area contributed by atoms with Gasteiger partial charge in [0.2, 0.25) is 0 Å². The molecule has 2 aromatic heterocycles. The van der Waals surface area contributed by atoms with Gasteiger partial charge in [-0.05, 0) is 42.8 Å². The predicted octanol–water partition coefficient (Wildman–Crippen LogP) is 4.66. The van der Waals surface area contributed by atoms with Gasteiger partial charge in [-0.3, -0.25) is 4.40 Å². The van der Waals surface area contributed by atoms with Crippen molar-refractivity contribution >= 4 is 22.8 Å². The summed E-state index contributed by atoms with van der Waals surface area (Å²) in [5, 5.41) is 3.59. The van der Waals surface area contributed by atoms with Gasteiger partial charge in [0.15, 0.2) is 11.5 Å². The molecule has 6 rings (SSSR count). The van der Waals surface area contributed by atoms with Crippen LogP contribution in [0.4, 0.5) is 17.2 Å². The molecule has 4 heterocycles. The van der Waals surface area contributed by atoms with Gasteiger partial charge in [0.25, 0.3) is 0 Å². The Morgan fingerprint density at radius 1 is 0.879 bits per heavy atom. The lowest BCUT2D eigenvalue weighted by molar-refractivity contribution is 0.122. The topological polar surface area (TPSA) is 60.3 Å². The number of fused-ring (bicyclic) bond motifs is 2. The normalized spacial score (nSPS) is 15.6. The van der Waals surface area contributed by atoms with E-state index in [0.29, 0.717) is 13.2 Å². The van der Waals surface area contributed by atoms with E-state index in [1.807, 2.05) is 30.5 Å². The second kappa shape index (κ2) is 8.33. The predicted molar refractivity (Wildman–Crippen MR) is 129 cm³/mol. The van der Waals surface area contributed by atoms with Crippen LogP contribution in [-0.4, -0.2) is 48.9 Å². The summed E-state index contributed by atoms with van der Waals surface area (Å²) in [5.41, 5.74) is 6.17. The zero-order valence-electron chi connectivity index (χ0n) is 18.6. The van der Waals surface area contributed by atoms with Gasteiger partial charge in [0, 0.05) is 42.3 Å². The average Bonchev–Trinajstić information content (AvgIpc) is 3.24. The Morgan fingerprint density at radius 2 is 1.67 bits per heavy atom. The molecule has 0 spiro atoms. The van der Waals surface area contributed by atoms with Crippen molar-refractivity contribution in [3.63, 3.8) is 0 Å². The third kappa shape index (κ3) is 3.74. The Bertz CT molecular complexity index is 1290. The van der Waals surface area contributed by atoms with E-state index in [-0.39, 0.29) is 0 Å². The number of aromatic nitrogens is 2. The number of pyridine rings is 1. The van der Waals surface area contributed by atoms with E-state index in [1.54, 1.807) is 0 Å². The zero-order valence-corrected chi connectivity index (χ0v) is 18.6. The molecule has 0 amide bonds. The first kappa shape index (κ1) is 19.9. The molecule has 2 aliphatic rings. The number of morpholine rings is 1. The summed E-state index contributed by atoms with van der Waals surface area (Å²) in [4.78, 5) is 7.38. The third-order valence-electron chi connectivity index (χ3n) is 6.17. The maximum atomic E-state index is 5.77. The van der Waals surface area contributed by atoms with Gasteiger partial charge in [-0.2, -0.15) is 0 Å². The first-order valence-electron chi connectivity index (χ1n) is 11.3. The molecular formula is C26H26N4O3. The molecule has 0 radical (unpaired) electrons. The largest absolute Gasteiger partial charge is 0.486 e. The average molecular weight is 443 g/mol. The van der Waals surface area contributed by atoms with Crippen molar-refractivity contribution in [2.75, 3.05) is 49.7 Å². The smallest absolute Gasteiger partial charge is 0.163 e. The van der Waals surface area contributed by atoms with Gasteiger partial charge < -0.3 is 24.4 Å². The van der Waals surface area contributed by atoms with Crippen molar-refractivity contribution in [3.05, 3.63) is 66.4 Å². The molecule has 1 saturated heterocycles. The molecule has 0 unspecified atom stereocenters. The van der Waals surface area contributed by atoms with Crippen LogP contribution in [0.5, 0.6) is 11.5 Å². The van der Waals surface area contributed by atoms with Crippen molar-refractivity contribution in [3.8, 4) is 22.8 Å². The van der Waals surface area contributed by atoms with E-state index < -0.39 is 0 Å². The minimum absolute atomic E-state index is 0.562. The highest BCUT2D eigenvalue weighted by molar-refractivity contribution is 5.81. The molecule has 0 saturated carbocycles. The summed E-state index contributed by atoms with van der Waals surface area (Å²) in [5.74, 6) is 2.46. The summed E-state index contributed by atoms with van der Waals surface area (Å²) >= 11 is 0. The number of hydrogen-bond acceptors (Lipinski definition) is 6. The Balaban J connectivity index is 1.39. The highest BCUT2D eigenvalue weighted by Gasteiger charge is 2.18. The monoisotopic (exact) mass is 442 g/mol. The van der Waals surface area contributed by atoms with Crippen molar-refractivity contribution in [2.24, 2.45) is 0 Å². The lowest BCUT2D eigenvalue weighted by atomic mass is 10.1. The van der Waals surface area contributed by atoms with Crippen LogP contribution in [0.3, 0.4) is 0 Å². The summed E-state index contributed by atoms with van der Waals surface area (Å²) in [6.45, 7) is 6.62. The molecule has 2 aromatic carbocycles. The van der Waals surface area contributed by atoms with E-state index in [4.69, 9.17) is 19.2 Å². The summed E-state index contributed by atoms with van der Waals surface area (Å²) in [7, 11) is 0. The molecular weight excluding hydrogens is 416 g/mol. The van der Waals surface area contributed by atoms with Crippen LogP contribution in [0.15, 0.2) is 60.8 Å². The van der Waals surface area contributed by atoms with E-state index in [9.17, 15) is 0 Å². The first-order valence-corrected chi connectivity index (χ1v) is 11.3. The molecule has 33 heavy (non-hydrogen) atoms. The van der Waals surface area contributed by atoms with Gasteiger partial charge in [0.1, 0.15) is 30.4 Å². The standard InChI is InChI=1S/C26H26N4O3/c1-18-3-2-10-30-25(18)28-24(19-4-7-21(8-5-19)29-11-13-31-14-12-29)26(30)27-20-6-9-22-23(17-20)33-16-15-32-22/h2-10,17,27H,11-16H2,1H3. The first-order chi connectivity index (χ1) is 16.3. The van der Waals surface area contributed by atoms with Crippen molar-refractivity contribution in [1.29, 1.82) is 0 Å². The van der Waals surface area contributed by atoms with Crippen molar-refractivity contribution in [1.82, 2.24) is 9.38 Å². The molecule has 0 aliphatic carbocycles. The summed E-state index contributed by atoms with van der Waals surface area (Å²) < 4.78 is 19.0. The minimum atomic E-state index is 0.562. The van der Waals surface area contributed by atoms with Crippen LogP contribution in [0.25, 0.3) is 16.9 Å². The number of hydrogen-bond donors (Lipinski definition) is 1. The van der Waals surface area contributed by atoms with Gasteiger partial charge >= 0.3 is 0 Å². The van der Waals surface area contributed by atoms with Gasteiger partial charge in [-0.15, -0.1) is 0 Å². The SMILES string of the molecule is Cc1cccn2c(Nc3ccc4c(c3)OCCO4)c(-c3ccc(N4CCOCC4)cc3)nc12. The summed E-state index contributed by atoms with van der Waals surface area (Å²) in [6, 6.07) is 18.7. The Kier molecular flexibility index (Phi) is 5.03. The molecule has 1 N–H and O–H groups in total. The van der Waals surface area contributed by atoms with Gasteiger partial charge in [-0.25, -0.2) is 4.98 Å². The molecule has 7 heteroatoms. The molecule has 0 atom stereocenters. The molecule has 1 fully saturated rings. The fourth-order valence-electron chi connectivity index (χ4n) is 4.43. The Labute approximate surface area is 192 Å². The molecule has 168 valence electrons. The molecule has 0 bridgehead atoms. The minimum Gasteiger partial charge on any atom is -0.486 e. The lowest BCUT2D eigenvalue weighted by Gasteiger charge is -2.28. The number of anilines is 3. The number of nitrogens with one attached hydrogen (secondary N) is 1. The van der Waals surface area contributed by atoms with Crippen LogP contribution < -0.4 is 19.7 Å². The van der Waals surface area contributed by atoms with Crippen LogP contribution in [0.2, 0.25) is 0 Å². The van der Waals surface area contributed by atoms with Gasteiger partial charge in [-0.1, -0.05) is 18.2 Å². The number of nitrogens with zero attached hydrogens (tertiary/aromatic N) is 3. The van der Waals surface area contributed by atoms with Crippen LogP contribution in [-0.2, 0) is 4.74 Å². The van der Waals surface area contributed by atoms with Crippen molar-refractivity contribution < 1.29 is 14.2 Å². The van der Waals surface area contributed by atoms with Crippen molar-refractivity contribution in [2.45, 2.75) is 6.92 Å². The number of benzene rings is 2. The quantitative estimate of drug-likeness (QED) is 0.496. The highest BCUT2D eigenvalue weighted by Crippen LogP contribution is 2.37. The van der Waals surface area contributed by atoms with E-state index in [2.05, 4.69) is 51.9 Å². The molecule has 7 nitrogen and oxygen atoms in total. The van der Waals surface area contributed by atoms with E-state index >= 15 is 0 Å². The third-order valence-corrected chi connectivity index (χ3v) is 6.17. The summed E-state index contributed by atoms with van der Waals surface area (Å²) in [6.07, 6.45) is 2.04. The maximum absolute atomic E-state index is 5.77. The second-order valence-corrected chi connectivity index (χ2v) is 8.32. The molecule has 2 aliphatic heterocycles. The Hall–Kier alpha value is -3.71. The second-order valence-electron chi connectivity index (χ2n) is 8.32.